The van der Waals surface area contributed by atoms with Gasteiger partial charge in [0.25, 0.3) is 0 Å². The third-order valence-corrected chi connectivity index (χ3v) is 6.72. The third-order valence-electron chi connectivity index (χ3n) is 6.41. The summed E-state index contributed by atoms with van der Waals surface area (Å²) in [7, 11) is 0. The standard InChI is InChI=1S/C20H21ClFN3O4/c1-10(14-7-11-2-3-12(14)6-11)25-19(28)18(27)24(20(25)29)9-17(26)23-16-5-4-13(22)8-15(16)21/h4-5,8,10-12,14H,2-3,6-7,9H2,1H3,(H,23,26). The summed E-state index contributed by atoms with van der Waals surface area (Å²) < 4.78 is 13.1. The van der Waals surface area contributed by atoms with Crippen molar-refractivity contribution in [1.29, 1.82) is 0 Å². The molecule has 9 heteroatoms. The molecule has 2 aliphatic carbocycles. The van der Waals surface area contributed by atoms with Gasteiger partial charge in [-0.1, -0.05) is 18.0 Å². The van der Waals surface area contributed by atoms with Crippen molar-refractivity contribution in [2.45, 2.75) is 38.6 Å². The van der Waals surface area contributed by atoms with Gasteiger partial charge in [0.1, 0.15) is 12.4 Å². The molecule has 1 aliphatic heterocycles. The van der Waals surface area contributed by atoms with E-state index in [0.717, 1.165) is 36.3 Å². The molecule has 2 saturated carbocycles. The van der Waals surface area contributed by atoms with Crippen LogP contribution in [0.3, 0.4) is 0 Å². The Balaban J connectivity index is 1.44. The first kappa shape index (κ1) is 19.8. The topological polar surface area (TPSA) is 86.8 Å². The molecule has 4 atom stereocenters. The Kier molecular flexibility index (Phi) is 5.06. The quantitative estimate of drug-likeness (QED) is 0.584. The predicted octanol–water partition coefficient (Wildman–Crippen LogP) is 3.03. The van der Waals surface area contributed by atoms with Gasteiger partial charge >= 0.3 is 17.8 Å². The predicted molar refractivity (Wildman–Crippen MR) is 102 cm³/mol. The maximum Gasteiger partial charge on any atom is 0.334 e. The number of carbonyl (C=O) groups excluding carboxylic acids is 4. The van der Waals surface area contributed by atoms with Crippen LogP contribution in [-0.2, 0) is 14.4 Å². The molecular weight excluding hydrogens is 401 g/mol. The highest BCUT2D eigenvalue weighted by Gasteiger charge is 2.52. The zero-order chi connectivity index (χ0) is 20.9. The van der Waals surface area contributed by atoms with Gasteiger partial charge in [0.05, 0.1) is 10.7 Å². The molecule has 154 valence electrons. The van der Waals surface area contributed by atoms with Crippen molar-refractivity contribution < 1.29 is 23.6 Å². The van der Waals surface area contributed by atoms with E-state index in [1.54, 1.807) is 6.92 Å². The number of hydrogen-bond donors (Lipinski definition) is 1. The maximum atomic E-state index is 13.1. The fourth-order valence-electron chi connectivity index (χ4n) is 5.02. The van der Waals surface area contributed by atoms with Crippen LogP contribution in [-0.4, -0.2) is 46.1 Å². The molecule has 3 aliphatic rings. The Morgan fingerprint density at radius 3 is 2.62 bits per heavy atom. The number of nitrogens with one attached hydrogen (secondary N) is 1. The third kappa shape index (κ3) is 3.50. The molecular formula is C20H21ClFN3O4. The first-order valence-electron chi connectivity index (χ1n) is 9.70. The number of urea groups is 1. The van der Waals surface area contributed by atoms with Crippen molar-refractivity contribution in [3.8, 4) is 0 Å². The smallest absolute Gasteiger partial charge is 0.323 e. The highest BCUT2D eigenvalue weighted by atomic mass is 35.5. The molecule has 0 radical (unpaired) electrons. The minimum atomic E-state index is -1.01. The number of halogens is 2. The maximum absolute atomic E-state index is 13.1. The molecule has 1 aromatic rings. The Bertz CT molecular complexity index is 908. The molecule has 1 N–H and O–H groups in total. The summed E-state index contributed by atoms with van der Waals surface area (Å²) in [5.41, 5.74) is 0.149. The van der Waals surface area contributed by atoms with Crippen LogP contribution in [0, 0.1) is 23.6 Å². The van der Waals surface area contributed by atoms with E-state index < -0.39 is 36.1 Å². The van der Waals surface area contributed by atoms with Gasteiger partial charge in [0.2, 0.25) is 5.91 Å². The van der Waals surface area contributed by atoms with Gasteiger partial charge in [0.15, 0.2) is 0 Å². The van der Waals surface area contributed by atoms with Crippen molar-refractivity contribution in [3.05, 3.63) is 29.0 Å². The van der Waals surface area contributed by atoms with E-state index in [1.807, 2.05) is 0 Å². The number of fused-ring (bicyclic) bond motifs is 2. The number of carbonyl (C=O) groups is 4. The summed E-state index contributed by atoms with van der Waals surface area (Å²) in [6, 6.07) is 2.28. The van der Waals surface area contributed by atoms with Crippen LogP contribution < -0.4 is 5.32 Å². The molecule has 3 fully saturated rings. The molecule has 4 unspecified atom stereocenters. The molecule has 1 saturated heterocycles. The van der Waals surface area contributed by atoms with Crippen LogP contribution in [0.2, 0.25) is 5.02 Å². The van der Waals surface area contributed by atoms with E-state index in [-0.39, 0.29) is 22.7 Å². The fourth-order valence-corrected chi connectivity index (χ4v) is 5.24. The zero-order valence-electron chi connectivity index (χ0n) is 15.9. The van der Waals surface area contributed by atoms with Gasteiger partial charge in [-0.2, -0.15) is 0 Å². The second-order valence-corrected chi connectivity index (χ2v) is 8.51. The molecule has 5 amide bonds. The second kappa shape index (κ2) is 7.40. The molecule has 1 aromatic carbocycles. The largest absolute Gasteiger partial charge is 0.334 e. The van der Waals surface area contributed by atoms with Gasteiger partial charge in [-0.25, -0.2) is 14.1 Å². The summed E-state index contributed by atoms with van der Waals surface area (Å²) in [4.78, 5) is 51.6. The van der Waals surface area contributed by atoms with Crippen molar-refractivity contribution >= 4 is 41.0 Å². The second-order valence-electron chi connectivity index (χ2n) is 8.10. The van der Waals surface area contributed by atoms with Crippen LogP contribution >= 0.6 is 11.6 Å². The summed E-state index contributed by atoms with van der Waals surface area (Å²) in [6.07, 6.45) is 4.35. The summed E-state index contributed by atoms with van der Waals surface area (Å²) in [5, 5.41) is 2.41. The van der Waals surface area contributed by atoms with Crippen LogP contribution in [0.25, 0.3) is 0 Å². The minimum absolute atomic E-state index is 0.0139. The molecule has 0 aromatic heterocycles. The number of nitrogens with zero attached hydrogens (tertiary/aromatic N) is 2. The Labute approximate surface area is 172 Å². The Morgan fingerprint density at radius 2 is 2.00 bits per heavy atom. The number of anilines is 1. The molecule has 1 heterocycles. The van der Waals surface area contributed by atoms with Gasteiger partial charge in [-0.3, -0.25) is 19.3 Å². The summed E-state index contributed by atoms with van der Waals surface area (Å²) >= 11 is 5.87. The first-order valence-corrected chi connectivity index (χ1v) is 10.1. The van der Waals surface area contributed by atoms with Crippen molar-refractivity contribution in [3.63, 3.8) is 0 Å². The molecule has 2 bridgehead atoms. The average Bonchev–Trinajstić information content (AvgIpc) is 3.35. The van der Waals surface area contributed by atoms with Crippen LogP contribution in [0.5, 0.6) is 0 Å². The van der Waals surface area contributed by atoms with E-state index in [0.29, 0.717) is 16.7 Å². The highest BCUT2D eigenvalue weighted by molar-refractivity contribution is 6.45. The van der Waals surface area contributed by atoms with Crippen molar-refractivity contribution in [2.24, 2.45) is 17.8 Å². The molecule has 29 heavy (non-hydrogen) atoms. The number of amides is 5. The molecule has 0 spiro atoms. The van der Waals surface area contributed by atoms with E-state index in [4.69, 9.17) is 11.6 Å². The van der Waals surface area contributed by atoms with Crippen LogP contribution in [0.1, 0.15) is 32.6 Å². The molecule has 4 rings (SSSR count). The SMILES string of the molecule is CC(C1CC2CCC1C2)N1C(=O)C(=O)N(CC(=O)Nc2ccc(F)cc2Cl)C1=O. The number of hydrogen-bond acceptors (Lipinski definition) is 4. The normalized spacial score (nSPS) is 27.1. The first-order chi connectivity index (χ1) is 13.8. The van der Waals surface area contributed by atoms with E-state index in [2.05, 4.69) is 5.32 Å². The number of rotatable bonds is 5. The van der Waals surface area contributed by atoms with E-state index >= 15 is 0 Å². The lowest BCUT2D eigenvalue weighted by Gasteiger charge is -2.32. The molecule has 7 nitrogen and oxygen atoms in total. The minimum Gasteiger partial charge on any atom is -0.323 e. The van der Waals surface area contributed by atoms with Crippen LogP contribution in [0.15, 0.2) is 18.2 Å². The van der Waals surface area contributed by atoms with Gasteiger partial charge in [-0.05, 0) is 62.1 Å². The Hall–Kier alpha value is -2.48. The lowest BCUT2D eigenvalue weighted by Crippen LogP contribution is -2.45. The summed E-state index contributed by atoms with van der Waals surface area (Å²) in [5.74, 6) is -1.86. The fraction of sp³-hybridized carbons (Fsp3) is 0.500. The van der Waals surface area contributed by atoms with Crippen molar-refractivity contribution in [1.82, 2.24) is 9.80 Å². The van der Waals surface area contributed by atoms with Crippen molar-refractivity contribution in [2.75, 3.05) is 11.9 Å². The van der Waals surface area contributed by atoms with Gasteiger partial charge in [-0.15, -0.1) is 0 Å². The number of imide groups is 2. The van der Waals surface area contributed by atoms with Gasteiger partial charge in [0, 0.05) is 6.04 Å². The monoisotopic (exact) mass is 421 g/mol. The summed E-state index contributed by atoms with van der Waals surface area (Å²) in [6.45, 7) is 1.19. The number of benzene rings is 1. The lowest BCUT2D eigenvalue weighted by atomic mass is 9.83. The Morgan fingerprint density at radius 1 is 1.24 bits per heavy atom. The average molecular weight is 422 g/mol. The lowest BCUT2D eigenvalue weighted by molar-refractivity contribution is -0.144. The highest BCUT2D eigenvalue weighted by Crippen LogP contribution is 2.50. The van der Waals surface area contributed by atoms with Crippen LogP contribution in [0.4, 0.5) is 14.9 Å². The van der Waals surface area contributed by atoms with E-state index in [9.17, 15) is 23.6 Å². The zero-order valence-corrected chi connectivity index (χ0v) is 16.6. The van der Waals surface area contributed by atoms with E-state index in [1.165, 1.54) is 12.5 Å². The van der Waals surface area contributed by atoms with Gasteiger partial charge < -0.3 is 5.32 Å².